The van der Waals surface area contributed by atoms with Crippen LogP contribution in [0.1, 0.15) is 41.6 Å². The molecule has 0 bridgehead atoms. The van der Waals surface area contributed by atoms with Gasteiger partial charge in [0.25, 0.3) is 5.91 Å². The van der Waals surface area contributed by atoms with Crippen LogP contribution in [0.4, 0.5) is 5.00 Å². The van der Waals surface area contributed by atoms with Crippen molar-refractivity contribution in [2.75, 3.05) is 18.5 Å². The Kier molecular flexibility index (Phi) is 6.42. The number of rotatable bonds is 6. The first-order valence-corrected chi connectivity index (χ1v) is 9.38. The summed E-state index contributed by atoms with van der Waals surface area (Å²) in [5, 5.41) is 6.40. The van der Waals surface area contributed by atoms with Crippen LogP contribution in [0.5, 0.6) is 5.75 Å². The van der Waals surface area contributed by atoms with Gasteiger partial charge in [0.1, 0.15) is 12.4 Å². The summed E-state index contributed by atoms with van der Waals surface area (Å²) in [7, 11) is 0. The lowest BCUT2D eigenvalue weighted by Crippen LogP contribution is -2.28. The van der Waals surface area contributed by atoms with Crippen LogP contribution in [0.15, 0.2) is 30.3 Å². The number of amides is 2. The van der Waals surface area contributed by atoms with Crippen LogP contribution in [0, 0.1) is 19.3 Å². The molecule has 2 rings (SSSR count). The van der Waals surface area contributed by atoms with Crippen molar-refractivity contribution < 1.29 is 14.3 Å². The third-order valence-electron chi connectivity index (χ3n) is 3.72. The van der Waals surface area contributed by atoms with Crippen LogP contribution in [0.25, 0.3) is 0 Å². The molecule has 2 aromatic rings. The van der Waals surface area contributed by atoms with E-state index in [-0.39, 0.29) is 11.8 Å². The molecule has 0 saturated carbocycles. The fourth-order valence-electron chi connectivity index (χ4n) is 2.12. The molecule has 140 valence electrons. The van der Waals surface area contributed by atoms with Gasteiger partial charge >= 0.3 is 0 Å². The van der Waals surface area contributed by atoms with Crippen LogP contribution in [-0.2, 0) is 4.79 Å². The predicted octanol–water partition coefficient (Wildman–Crippen LogP) is 4.16. The van der Waals surface area contributed by atoms with Crippen molar-refractivity contribution in [3.8, 4) is 5.75 Å². The molecule has 26 heavy (non-hydrogen) atoms. The van der Waals surface area contributed by atoms with Gasteiger partial charge in [0.2, 0.25) is 5.91 Å². The van der Waals surface area contributed by atoms with Crippen molar-refractivity contribution in [1.29, 1.82) is 0 Å². The summed E-state index contributed by atoms with van der Waals surface area (Å²) in [6, 6.07) is 9.61. The summed E-state index contributed by atoms with van der Waals surface area (Å²) >= 11 is 1.28. The van der Waals surface area contributed by atoms with E-state index >= 15 is 0 Å². The number of anilines is 1. The average molecular weight is 375 g/mol. The molecule has 5 nitrogen and oxygen atoms in total. The van der Waals surface area contributed by atoms with Gasteiger partial charge in [-0.15, -0.1) is 11.3 Å². The van der Waals surface area contributed by atoms with E-state index in [1.165, 1.54) is 16.9 Å². The van der Waals surface area contributed by atoms with Gasteiger partial charge in [0.15, 0.2) is 0 Å². The van der Waals surface area contributed by atoms with Crippen molar-refractivity contribution in [2.45, 2.75) is 34.6 Å². The highest BCUT2D eigenvalue weighted by atomic mass is 32.1. The van der Waals surface area contributed by atoms with Gasteiger partial charge in [-0.25, -0.2) is 0 Å². The Hall–Kier alpha value is -2.34. The molecule has 1 aromatic heterocycles. The Morgan fingerprint density at radius 2 is 1.77 bits per heavy atom. The van der Waals surface area contributed by atoms with Gasteiger partial charge in [-0.1, -0.05) is 38.5 Å². The van der Waals surface area contributed by atoms with E-state index < -0.39 is 5.41 Å². The minimum Gasteiger partial charge on any atom is -0.492 e. The molecule has 0 aliphatic heterocycles. The molecule has 0 aliphatic rings. The molecule has 1 aromatic carbocycles. The van der Waals surface area contributed by atoms with E-state index in [1.54, 1.807) is 0 Å². The summed E-state index contributed by atoms with van der Waals surface area (Å²) in [4.78, 5) is 25.0. The maximum atomic E-state index is 12.3. The first-order valence-electron chi connectivity index (χ1n) is 8.56. The van der Waals surface area contributed by atoms with Crippen LogP contribution >= 0.6 is 11.3 Å². The summed E-state index contributed by atoms with van der Waals surface area (Å²) in [6.45, 7) is 10.2. The van der Waals surface area contributed by atoms with E-state index in [0.717, 1.165) is 11.3 Å². The van der Waals surface area contributed by atoms with E-state index in [1.807, 2.05) is 65.0 Å². The second-order valence-corrected chi connectivity index (χ2v) is 8.30. The summed E-state index contributed by atoms with van der Waals surface area (Å²) in [6.07, 6.45) is 0. The second kappa shape index (κ2) is 8.36. The van der Waals surface area contributed by atoms with Crippen LogP contribution in [0.3, 0.4) is 0 Å². The van der Waals surface area contributed by atoms with Gasteiger partial charge in [-0.3, -0.25) is 9.59 Å². The topological polar surface area (TPSA) is 67.4 Å². The third kappa shape index (κ3) is 5.59. The number of nitrogens with one attached hydrogen (secondary N) is 2. The van der Waals surface area contributed by atoms with Crippen molar-refractivity contribution in [3.63, 3.8) is 0 Å². The number of carbonyl (C=O) groups is 2. The number of benzene rings is 1. The summed E-state index contributed by atoms with van der Waals surface area (Å²) < 4.78 is 5.60. The van der Waals surface area contributed by atoms with E-state index in [9.17, 15) is 9.59 Å². The van der Waals surface area contributed by atoms with Crippen molar-refractivity contribution in [1.82, 2.24) is 5.32 Å². The number of thiophene rings is 1. The van der Waals surface area contributed by atoms with Crippen molar-refractivity contribution >= 4 is 28.2 Å². The van der Waals surface area contributed by atoms with Gasteiger partial charge in [0, 0.05) is 5.41 Å². The highest BCUT2D eigenvalue weighted by molar-refractivity contribution is 7.18. The molecular weight excluding hydrogens is 348 g/mol. The maximum absolute atomic E-state index is 12.3. The normalized spacial score (nSPS) is 11.1. The Labute approximate surface area is 158 Å². The average Bonchev–Trinajstić information content (AvgIpc) is 2.92. The Morgan fingerprint density at radius 1 is 1.12 bits per heavy atom. The highest BCUT2D eigenvalue weighted by Crippen LogP contribution is 2.28. The lowest BCUT2D eigenvalue weighted by Gasteiger charge is -2.16. The smallest absolute Gasteiger partial charge is 0.261 e. The van der Waals surface area contributed by atoms with E-state index in [4.69, 9.17) is 4.74 Å². The van der Waals surface area contributed by atoms with Crippen LogP contribution in [0.2, 0.25) is 0 Å². The minimum absolute atomic E-state index is 0.0720. The minimum atomic E-state index is -0.479. The molecule has 0 spiro atoms. The SMILES string of the molecule is Cc1ccc(OCCNC(=O)c2sc(NC(=O)C(C)(C)C)cc2C)cc1. The molecular formula is C20H26N2O3S. The third-order valence-corrected chi connectivity index (χ3v) is 4.87. The molecule has 0 unspecified atom stereocenters. The van der Waals surface area contributed by atoms with Gasteiger partial charge < -0.3 is 15.4 Å². The first-order chi connectivity index (χ1) is 12.2. The van der Waals surface area contributed by atoms with Gasteiger partial charge in [-0.2, -0.15) is 0 Å². The lowest BCUT2D eigenvalue weighted by atomic mass is 9.96. The molecule has 0 aliphatic carbocycles. The maximum Gasteiger partial charge on any atom is 0.261 e. The number of hydrogen-bond donors (Lipinski definition) is 2. The predicted molar refractivity (Wildman–Crippen MR) is 106 cm³/mol. The van der Waals surface area contributed by atoms with Crippen LogP contribution in [-0.4, -0.2) is 25.0 Å². The van der Waals surface area contributed by atoms with E-state index in [0.29, 0.717) is 23.0 Å². The molecule has 2 amide bonds. The summed E-state index contributed by atoms with van der Waals surface area (Å²) in [5.41, 5.74) is 1.54. The zero-order valence-corrected chi connectivity index (χ0v) is 16.8. The molecule has 0 saturated heterocycles. The van der Waals surface area contributed by atoms with Gasteiger partial charge in [0.05, 0.1) is 16.4 Å². The second-order valence-electron chi connectivity index (χ2n) is 7.24. The van der Waals surface area contributed by atoms with E-state index in [2.05, 4.69) is 10.6 Å². The number of ether oxygens (including phenoxy) is 1. The highest BCUT2D eigenvalue weighted by Gasteiger charge is 2.23. The fraction of sp³-hybridized carbons (Fsp3) is 0.400. The molecule has 0 radical (unpaired) electrons. The number of aryl methyl sites for hydroxylation is 2. The number of hydrogen-bond acceptors (Lipinski definition) is 4. The Bertz CT molecular complexity index is 773. The van der Waals surface area contributed by atoms with Crippen LogP contribution < -0.4 is 15.4 Å². The lowest BCUT2D eigenvalue weighted by molar-refractivity contribution is -0.123. The number of carbonyl (C=O) groups excluding carboxylic acids is 2. The van der Waals surface area contributed by atoms with Gasteiger partial charge in [-0.05, 0) is 37.6 Å². The molecule has 0 fully saturated rings. The largest absolute Gasteiger partial charge is 0.492 e. The van der Waals surface area contributed by atoms with Crippen molar-refractivity contribution in [2.24, 2.45) is 5.41 Å². The summed E-state index contributed by atoms with van der Waals surface area (Å²) in [5.74, 6) is 0.554. The molecule has 2 N–H and O–H groups in total. The monoisotopic (exact) mass is 374 g/mol. The molecule has 6 heteroatoms. The zero-order valence-electron chi connectivity index (χ0n) is 15.9. The zero-order chi connectivity index (χ0) is 19.3. The quantitative estimate of drug-likeness (QED) is 0.746. The van der Waals surface area contributed by atoms with Crippen molar-refractivity contribution in [3.05, 3.63) is 46.3 Å². The Balaban J connectivity index is 1.85. The fourth-order valence-corrected chi connectivity index (χ4v) is 3.10. The Morgan fingerprint density at radius 3 is 2.38 bits per heavy atom. The molecule has 1 heterocycles. The molecule has 0 atom stereocenters. The first kappa shape index (κ1) is 20.0. The standard InChI is InChI=1S/C20H26N2O3S/c1-13-6-8-15(9-7-13)25-11-10-21-18(23)17-14(2)12-16(26-17)22-19(24)20(3,4)5/h6-9,12H,10-11H2,1-5H3,(H,21,23)(H,22,24).